The molecule has 23 heavy (non-hydrogen) atoms. The molecule has 0 aliphatic rings. The van der Waals surface area contributed by atoms with Gasteiger partial charge in [-0.2, -0.15) is 22.8 Å². The summed E-state index contributed by atoms with van der Waals surface area (Å²) < 4.78 is 0. The smallest absolute Gasteiger partial charge is 0.505 e. The maximum Gasteiger partial charge on any atom is 1.00 e. The number of rotatable bonds is 2. The van der Waals surface area contributed by atoms with Crippen molar-refractivity contribution in [3.05, 3.63) is 65.2 Å². The third-order valence-electron chi connectivity index (χ3n) is 3.74. The molecule has 3 rings (SSSR count). The van der Waals surface area contributed by atoms with Gasteiger partial charge in [0.15, 0.2) is 5.75 Å². The molecule has 1 N–H and O–H groups in total. The van der Waals surface area contributed by atoms with Crippen molar-refractivity contribution in [3.8, 4) is 5.75 Å². The zero-order valence-electron chi connectivity index (χ0n) is 13.9. The molecule has 0 spiro atoms. The second-order valence-electron chi connectivity index (χ2n) is 5.49. The van der Waals surface area contributed by atoms with Gasteiger partial charge in [-0.15, -0.1) is 11.6 Å². The van der Waals surface area contributed by atoms with Gasteiger partial charge < -0.3 is 5.11 Å². The van der Waals surface area contributed by atoms with Gasteiger partial charge in [0.1, 0.15) is 5.69 Å². The summed E-state index contributed by atoms with van der Waals surface area (Å²) >= 11 is 0. The third-order valence-corrected chi connectivity index (χ3v) is 3.74. The van der Waals surface area contributed by atoms with Crippen LogP contribution in [0.1, 0.15) is 16.7 Å². The monoisotopic (exact) mass is 312 g/mol. The van der Waals surface area contributed by atoms with Crippen LogP contribution in [0.4, 0.5) is 11.4 Å². The van der Waals surface area contributed by atoms with Gasteiger partial charge in [-0.1, -0.05) is 38.1 Å². The number of hydrogen-bond donors (Lipinski definition) is 1. The summed E-state index contributed by atoms with van der Waals surface area (Å²) in [5, 5.41) is 20.7. The van der Waals surface area contributed by atoms with E-state index in [0.717, 1.165) is 33.2 Å². The molecule has 3 aromatic rings. The Morgan fingerprint density at radius 3 is 2.22 bits per heavy atom. The standard InChI is InChI=1S/C19H17N2O.Na/c1-12-8-9-17(14(3)10-12)20-21-18-11-13(2)15-6-4-5-7-16(15)19(18)22;/h4-7,9-11,22H,1-3H3;/q-1;+1. The van der Waals surface area contributed by atoms with E-state index in [-0.39, 0.29) is 35.3 Å². The summed E-state index contributed by atoms with van der Waals surface area (Å²) in [5.74, 6) is 0.165. The van der Waals surface area contributed by atoms with Crippen molar-refractivity contribution in [1.82, 2.24) is 0 Å². The first-order chi connectivity index (χ1) is 10.6. The molecule has 0 radical (unpaired) electrons. The fourth-order valence-electron chi connectivity index (χ4n) is 2.55. The van der Waals surface area contributed by atoms with Gasteiger partial charge in [-0.25, -0.2) is 5.11 Å². The summed E-state index contributed by atoms with van der Waals surface area (Å²) in [6.45, 7) is 5.98. The molecule has 0 bridgehead atoms. The molecule has 0 amide bonds. The average Bonchev–Trinajstić information content (AvgIpc) is 2.51. The van der Waals surface area contributed by atoms with Crippen LogP contribution in [-0.2, 0) is 0 Å². The van der Waals surface area contributed by atoms with Crippen LogP contribution in [0.5, 0.6) is 5.75 Å². The Balaban J connectivity index is 0.00000192. The molecule has 0 aliphatic heterocycles. The molecule has 3 nitrogen and oxygen atoms in total. The minimum atomic E-state index is 0. The Morgan fingerprint density at radius 2 is 1.52 bits per heavy atom. The number of phenols is 1. The van der Waals surface area contributed by atoms with Crippen molar-refractivity contribution >= 4 is 22.1 Å². The van der Waals surface area contributed by atoms with Crippen LogP contribution >= 0.6 is 0 Å². The number of aromatic hydroxyl groups is 1. The number of hydrogen-bond acceptors (Lipinski definition) is 3. The second kappa shape index (κ2) is 7.26. The molecule has 0 atom stereocenters. The summed E-state index contributed by atoms with van der Waals surface area (Å²) in [6.07, 6.45) is 0. The topological polar surface area (TPSA) is 45.0 Å². The van der Waals surface area contributed by atoms with Gasteiger partial charge >= 0.3 is 29.6 Å². The maximum atomic E-state index is 10.4. The van der Waals surface area contributed by atoms with Crippen molar-refractivity contribution in [2.75, 3.05) is 0 Å². The van der Waals surface area contributed by atoms with Crippen LogP contribution in [0.15, 0.2) is 52.7 Å². The van der Waals surface area contributed by atoms with E-state index in [9.17, 15) is 5.11 Å². The molecule has 0 aliphatic carbocycles. The third kappa shape index (κ3) is 3.63. The molecule has 0 fully saturated rings. The van der Waals surface area contributed by atoms with Gasteiger partial charge in [0.2, 0.25) is 0 Å². The van der Waals surface area contributed by atoms with Crippen LogP contribution in [0, 0.1) is 26.8 Å². The van der Waals surface area contributed by atoms with Crippen molar-refractivity contribution in [3.63, 3.8) is 0 Å². The summed E-state index contributed by atoms with van der Waals surface area (Å²) in [7, 11) is 0. The van der Waals surface area contributed by atoms with E-state index in [2.05, 4.69) is 16.3 Å². The number of phenolic OH excluding ortho intramolecular Hbond substituents is 1. The van der Waals surface area contributed by atoms with E-state index in [1.54, 1.807) is 0 Å². The predicted octanol–water partition coefficient (Wildman–Crippen LogP) is 2.69. The van der Waals surface area contributed by atoms with Gasteiger partial charge in [0.25, 0.3) is 0 Å². The van der Waals surface area contributed by atoms with E-state index >= 15 is 0 Å². The predicted molar refractivity (Wildman–Crippen MR) is 89.3 cm³/mol. The average molecular weight is 312 g/mol. The fourth-order valence-corrected chi connectivity index (χ4v) is 2.55. The second-order valence-corrected chi connectivity index (χ2v) is 5.49. The minimum Gasteiger partial charge on any atom is -0.505 e. The molecule has 110 valence electrons. The summed E-state index contributed by atoms with van der Waals surface area (Å²) in [6, 6.07) is 16.5. The molecule has 4 heteroatoms. The number of azo groups is 1. The van der Waals surface area contributed by atoms with Crippen molar-refractivity contribution in [1.29, 1.82) is 0 Å². The van der Waals surface area contributed by atoms with E-state index < -0.39 is 0 Å². The first-order valence-electron chi connectivity index (χ1n) is 7.18. The normalized spacial score (nSPS) is 10.9. The van der Waals surface area contributed by atoms with Gasteiger partial charge in [0, 0.05) is 5.39 Å². The summed E-state index contributed by atoms with van der Waals surface area (Å²) in [4.78, 5) is 0. The summed E-state index contributed by atoms with van der Waals surface area (Å²) in [5.41, 5.74) is 4.42. The zero-order valence-corrected chi connectivity index (χ0v) is 15.9. The molecule has 3 aromatic carbocycles. The molecule has 0 unspecified atom stereocenters. The molecule has 0 heterocycles. The Morgan fingerprint density at radius 1 is 0.870 bits per heavy atom. The van der Waals surface area contributed by atoms with Crippen LogP contribution in [0.3, 0.4) is 0 Å². The van der Waals surface area contributed by atoms with Crippen LogP contribution in [0.25, 0.3) is 10.8 Å². The number of nitrogens with zero attached hydrogens (tertiary/aromatic N) is 2. The largest absolute Gasteiger partial charge is 1.00 e. The molecule has 0 aromatic heterocycles. The fraction of sp³-hybridized carbons (Fsp3) is 0.158. The van der Waals surface area contributed by atoms with Crippen molar-refractivity contribution in [2.45, 2.75) is 20.8 Å². The van der Waals surface area contributed by atoms with Gasteiger partial charge in [0.05, 0.1) is 0 Å². The Bertz CT molecular complexity index is 888. The Hall–Kier alpha value is -1.68. The first kappa shape index (κ1) is 17.7. The van der Waals surface area contributed by atoms with Crippen molar-refractivity contribution in [2.24, 2.45) is 10.2 Å². The van der Waals surface area contributed by atoms with Crippen LogP contribution in [-0.4, -0.2) is 5.11 Å². The number of benzene rings is 3. The van der Waals surface area contributed by atoms with Crippen LogP contribution < -0.4 is 29.6 Å². The minimum absolute atomic E-state index is 0. The van der Waals surface area contributed by atoms with Crippen molar-refractivity contribution < 1.29 is 34.7 Å². The maximum absolute atomic E-state index is 10.4. The molecule has 0 saturated heterocycles. The Kier molecular flexibility index (Phi) is 5.58. The molecule has 0 saturated carbocycles. The quantitative estimate of drug-likeness (QED) is 0.441. The SMILES string of the molecule is Cc1[c-]cc(N=Nc2cc(C)c3ccccc3c2O)c(C)c1.[Na+]. The van der Waals surface area contributed by atoms with E-state index in [1.807, 2.05) is 63.2 Å². The number of fused-ring (bicyclic) bond motifs is 1. The zero-order chi connectivity index (χ0) is 15.7. The molecular formula is C19H17N2NaO. The number of aryl methyl sites for hydroxylation is 3. The van der Waals surface area contributed by atoms with E-state index in [1.165, 1.54) is 0 Å². The van der Waals surface area contributed by atoms with Crippen LogP contribution in [0.2, 0.25) is 0 Å². The first-order valence-corrected chi connectivity index (χ1v) is 7.18. The van der Waals surface area contributed by atoms with E-state index in [0.29, 0.717) is 5.69 Å². The van der Waals surface area contributed by atoms with Gasteiger partial charge in [-0.05, 0) is 29.6 Å². The Labute approximate surface area is 158 Å². The van der Waals surface area contributed by atoms with E-state index in [4.69, 9.17) is 0 Å². The molecular weight excluding hydrogens is 295 g/mol. The van der Waals surface area contributed by atoms with Gasteiger partial charge in [-0.3, -0.25) is 0 Å².